The molecule has 1 saturated heterocycles. The molecule has 20 heavy (non-hydrogen) atoms. The number of aromatic nitrogens is 3. The van der Waals surface area contributed by atoms with E-state index in [0.717, 1.165) is 24.1 Å². The third kappa shape index (κ3) is 1.83. The maximum absolute atomic E-state index is 12.6. The van der Waals surface area contributed by atoms with Gasteiger partial charge < -0.3 is 9.88 Å². The highest BCUT2D eigenvalue weighted by Crippen LogP contribution is 2.41. The minimum Gasteiger partial charge on any atom is -0.355 e. The Balaban J connectivity index is 1.67. The van der Waals surface area contributed by atoms with Gasteiger partial charge in [-0.1, -0.05) is 0 Å². The zero-order chi connectivity index (χ0) is 13.9. The van der Waals surface area contributed by atoms with E-state index in [4.69, 9.17) is 0 Å². The summed E-state index contributed by atoms with van der Waals surface area (Å²) in [6.45, 7) is -0.0181. The first-order valence-corrected chi connectivity index (χ1v) is 6.69. The third-order valence-corrected chi connectivity index (χ3v) is 4.00. The molecule has 1 aliphatic carbocycles. The van der Waals surface area contributed by atoms with Crippen LogP contribution in [0.5, 0.6) is 0 Å². The molecule has 2 aliphatic rings. The predicted octanol–water partition coefficient (Wildman–Crippen LogP) is 2.83. The lowest BCUT2D eigenvalue weighted by Crippen LogP contribution is -2.53. The molecular formula is C13H13F3N4. The molecule has 2 aromatic heterocycles. The Morgan fingerprint density at radius 2 is 1.95 bits per heavy atom. The third-order valence-electron chi connectivity index (χ3n) is 4.00. The fourth-order valence-corrected chi connectivity index (χ4v) is 2.57. The van der Waals surface area contributed by atoms with Gasteiger partial charge in [0.2, 0.25) is 0 Å². The molecule has 0 spiro atoms. The number of fused-ring (bicyclic) bond motifs is 1. The van der Waals surface area contributed by atoms with E-state index >= 15 is 0 Å². The standard InChI is InChI=1S/C13H13F3N4/c14-13(15,16)8-5-20(6-8)12-9-3-4-17-11(9)18-10(19-12)7-1-2-7/h3-4,7-8H,1-2,5-6H2,(H,17,18,19). The van der Waals surface area contributed by atoms with Crippen molar-refractivity contribution in [3.63, 3.8) is 0 Å². The summed E-state index contributed by atoms with van der Waals surface area (Å²) in [5.74, 6) is 0.529. The van der Waals surface area contributed by atoms with E-state index < -0.39 is 12.1 Å². The summed E-state index contributed by atoms with van der Waals surface area (Å²) >= 11 is 0. The van der Waals surface area contributed by atoms with Gasteiger partial charge in [-0.15, -0.1) is 0 Å². The van der Waals surface area contributed by atoms with Crippen molar-refractivity contribution in [2.75, 3.05) is 18.0 Å². The molecule has 2 aromatic rings. The van der Waals surface area contributed by atoms with Crippen LogP contribution in [0.25, 0.3) is 11.0 Å². The summed E-state index contributed by atoms with van der Waals surface area (Å²) in [6.07, 6.45) is -0.228. The molecule has 2 fully saturated rings. The van der Waals surface area contributed by atoms with Gasteiger partial charge in [0, 0.05) is 25.2 Å². The lowest BCUT2D eigenvalue weighted by Gasteiger charge is -2.41. The van der Waals surface area contributed by atoms with Gasteiger partial charge in [0.1, 0.15) is 17.3 Å². The Labute approximate surface area is 113 Å². The Morgan fingerprint density at radius 3 is 2.60 bits per heavy atom. The molecule has 0 bridgehead atoms. The Bertz CT molecular complexity index is 653. The van der Waals surface area contributed by atoms with Gasteiger partial charge in [-0.3, -0.25) is 0 Å². The lowest BCUT2D eigenvalue weighted by molar-refractivity contribution is -0.180. The number of anilines is 1. The molecule has 4 nitrogen and oxygen atoms in total. The molecule has 0 unspecified atom stereocenters. The van der Waals surface area contributed by atoms with Crippen LogP contribution < -0.4 is 4.90 Å². The molecule has 106 valence electrons. The predicted molar refractivity (Wildman–Crippen MR) is 67.6 cm³/mol. The summed E-state index contributed by atoms with van der Waals surface area (Å²) < 4.78 is 37.8. The van der Waals surface area contributed by atoms with E-state index in [9.17, 15) is 13.2 Å². The van der Waals surface area contributed by atoms with Gasteiger partial charge in [-0.25, -0.2) is 9.97 Å². The Hall–Kier alpha value is -1.79. The molecule has 1 N–H and O–H groups in total. The zero-order valence-electron chi connectivity index (χ0n) is 10.6. The smallest absolute Gasteiger partial charge is 0.355 e. The molecular weight excluding hydrogens is 269 g/mol. The molecule has 7 heteroatoms. The number of hydrogen-bond acceptors (Lipinski definition) is 3. The van der Waals surface area contributed by atoms with E-state index in [0.29, 0.717) is 17.4 Å². The van der Waals surface area contributed by atoms with Crippen molar-refractivity contribution < 1.29 is 13.2 Å². The highest BCUT2D eigenvalue weighted by atomic mass is 19.4. The molecule has 0 aromatic carbocycles. The number of H-pyrrole nitrogens is 1. The second kappa shape index (κ2) is 3.86. The quantitative estimate of drug-likeness (QED) is 0.921. The van der Waals surface area contributed by atoms with Crippen molar-refractivity contribution in [1.82, 2.24) is 15.0 Å². The summed E-state index contributed by atoms with van der Waals surface area (Å²) in [7, 11) is 0. The first-order valence-electron chi connectivity index (χ1n) is 6.69. The topological polar surface area (TPSA) is 44.8 Å². The number of halogens is 3. The molecule has 1 saturated carbocycles. The van der Waals surface area contributed by atoms with E-state index in [2.05, 4.69) is 15.0 Å². The number of hydrogen-bond donors (Lipinski definition) is 1. The zero-order valence-corrected chi connectivity index (χ0v) is 10.6. The number of nitrogens with zero attached hydrogens (tertiary/aromatic N) is 3. The van der Waals surface area contributed by atoms with Crippen molar-refractivity contribution in [2.45, 2.75) is 24.9 Å². The summed E-state index contributed by atoms with van der Waals surface area (Å²) in [6, 6.07) is 1.82. The van der Waals surface area contributed by atoms with Crippen LogP contribution >= 0.6 is 0 Å². The number of rotatable bonds is 2. The fourth-order valence-electron chi connectivity index (χ4n) is 2.57. The van der Waals surface area contributed by atoms with Crippen molar-refractivity contribution in [1.29, 1.82) is 0 Å². The molecule has 0 amide bonds. The minimum atomic E-state index is -4.11. The minimum absolute atomic E-state index is 0.00903. The van der Waals surface area contributed by atoms with Crippen LogP contribution in [0.3, 0.4) is 0 Å². The lowest BCUT2D eigenvalue weighted by atomic mass is 9.99. The first kappa shape index (κ1) is 12.0. The monoisotopic (exact) mass is 282 g/mol. The van der Waals surface area contributed by atoms with E-state index in [1.165, 1.54) is 0 Å². The Morgan fingerprint density at radius 1 is 1.20 bits per heavy atom. The van der Waals surface area contributed by atoms with Crippen molar-refractivity contribution >= 4 is 16.9 Å². The molecule has 1 aliphatic heterocycles. The SMILES string of the molecule is FC(F)(F)C1CN(c2nc(C3CC3)nc3[nH]ccc23)C1. The van der Waals surface area contributed by atoms with Crippen LogP contribution in [-0.2, 0) is 0 Å². The van der Waals surface area contributed by atoms with Crippen molar-refractivity contribution in [2.24, 2.45) is 5.92 Å². The number of nitrogens with one attached hydrogen (secondary N) is 1. The van der Waals surface area contributed by atoms with Crippen LogP contribution in [-0.4, -0.2) is 34.2 Å². The van der Waals surface area contributed by atoms with Gasteiger partial charge in [0.05, 0.1) is 11.3 Å². The van der Waals surface area contributed by atoms with Crippen LogP contribution in [0, 0.1) is 5.92 Å². The number of alkyl halides is 3. The maximum Gasteiger partial charge on any atom is 0.395 e. The fraction of sp³-hybridized carbons (Fsp3) is 0.538. The average Bonchev–Trinajstić information content (AvgIpc) is 3.04. The largest absolute Gasteiger partial charge is 0.395 e. The summed E-state index contributed by atoms with van der Waals surface area (Å²) in [5, 5.41) is 0.801. The Kier molecular flexibility index (Phi) is 2.32. The van der Waals surface area contributed by atoms with Gasteiger partial charge in [-0.05, 0) is 18.9 Å². The molecule has 0 atom stereocenters. The van der Waals surface area contributed by atoms with Crippen molar-refractivity contribution in [3.05, 3.63) is 18.1 Å². The normalized spacial score (nSPS) is 20.4. The second-order valence-electron chi connectivity index (χ2n) is 5.56. The molecule has 0 radical (unpaired) electrons. The summed E-state index contributed by atoms with van der Waals surface area (Å²) in [5.41, 5.74) is 0.715. The van der Waals surface area contributed by atoms with E-state index in [-0.39, 0.29) is 13.1 Å². The second-order valence-corrected chi connectivity index (χ2v) is 5.56. The maximum atomic E-state index is 12.6. The first-order chi connectivity index (χ1) is 9.52. The van der Waals surface area contributed by atoms with Crippen molar-refractivity contribution in [3.8, 4) is 0 Å². The van der Waals surface area contributed by atoms with Gasteiger partial charge >= 0.3 is 6.18 Å². The average molecular weight is 282 g/mol. The van der Waals surface area contributed by atoms with Crippen LogP contribution in [0.4, 0.5) is 19.0 Å². The van der Waals surface area contributed by atoms with Crippen LogP contribution in [0.15, 0.2) is 12.3 Å². The molecule has 3 heterocycles. The van der Waals surface area contributed by atoms with Crippen LogP contribution in [0.2, 0.25) is 0 Å². The van der Waals surface area contributed by atoms with Gasteiger partial charge in [0.25, 0.3) is 0 Å². The summed E-state index contributed by atoms with van der Waals surface area (Å²) in [4.78, 5) is 13.7. The number of aromatic amines is 1. The highest BCUT2D eigenvalue weighted by Gasteiger charge is 2.48. The highest BCUT2D eigenvalue weighted by molar-refractivity contribution is 5.88. The molecule has 4 rings (SSSR count). The van der Waals surface area contributed by atoms with Crippen LogP contribution in [0.1, 0.15) is 24.6 Å². The van der Waals surface area contributed by atoms with Gasteiger partial charge in [0.15, 0.2) is 0 Å². The van der Waals surface area contributed by atoms with E-state index in [1.807, 2.05) is 6.07 Å². The van der Waals surface area contributed by atoms with Gasteiger partial charge in [-0.2, -0.15) is 13.2 Å². The van der Waals surface area contributed by atoms with E-state index in [1.54, 1.807) is 11.1 Å².